The molecule has 0 unspecified atom stereocenters. The molecule has 110 valence electrons. The first-order valence-corrected chi connectivity index (χ1v) is 5.67. The second-order valence-corrected chi connectivity index (χ2v) is 4.17. The van der Waals surface area contributed by atoms with Gasteiger partial charge in [-0.2, -0.15) is 13.2 Å². The molecule has 0 atom stereocenters. The number of aromatic carboxylic acids is 1. The number of hydrogen-bond donors (Lipinski definition) is 3. The predicted octanol–water partition coefficient (Wildman–Crippen LogP) is 2.13. The number of halogens is 4. The van der Waals surface area contributed by atoms with Crippen LogP contribution in [0.15, 0.2) is 18.2 Å². The van der Waals surface area contributed by atoms with Gasteiger partial charge in [-0.25, -0.2) is 4.79 Å². The average molecular weight is 311 g/mol. The Balaban J connectivity index is 2.58. The minimum Gasteiger partial charge on any atom is -0.478 e. The molecule has 0 fully saturated rings. The summed E-state index contributed by atoms with van der Waals surface area (Å²) in [5, 5.41) is 13.0. The number of alkyl halides is 3. The molecule has 0 saturated carbocycles. The number of benzene rings is 1. The lowest BCUT2D eigenvalue weighted by molar-refractivity contribution is -0.126. The Morgan fingerprint density at radius 1 is 1.30 bits per heavy atom. The van der Waals surface area contributed by atoms with Crippen LogP contribution in [-0.2, 0) is 4.79 Å². The van der Waals surface area contributed by atoms with E-state index in [1.807, 2.05) is 5.32 Å². The molecule has 1 rings (SSSR count). The van der Waals surface area contributed by atoms with Crippen LogP contribution >= 0.6 is 11.6 Å². The zero-order chi connectivity index (χ0) is 15.3. The first-order chi connectivity index (χ1) is 9.19. The summed E-state index contributed by atoms with van der Waals surface area (Å²) in [5.74, 6) is -2.01. The van der Waals surface area contributed by atoms with E-state index in [1.165, 1.54) is 12.1 Å². The van der Waals surface area contributed by atoms with Crippen molar-refractivity contribution in [2.24, 2.45) is 0 Å². The summed E-state index contributed by atoms with van der Waals surface area (Å²) in [6.45, 7) is -1.84. The lowest BCUT2D eigenvalue weighted by Gasteiger charge is -2.09. The Hall–Kier alpha value is -1.80. The summed E-state index contributed by atoms with van der Waals surface area (Å²) in [7, 11) is 0. The van der Waals surface area contributed by atoms with E-state index in [1.54, 1.807) is 0 Å². The number of nitrogens with one attached hydrogen (secondary N) is 2. The summed E-state index contributed by atoms with van der Waals surface area (Å²) in [6.07, 6.45) is -4.41. The fraction of sp³-hybridized carbons (Fsp3) is 0.273. The maximum absolute atomic E-state index is 11.8. The van der Waals surface area contributed by atoms with Crippen molar-refractivity contribution in [3.63, 3.8) is 0 Å². The van der Waals surface area contributed by atoms with Crippen molar-refractivity contribution in [3.05, 3.63) is 28.8 Å². The van der Waals surface area contributed by atoms with Gasteiger partial charge in [0.1, 0.15) is 0 Å². The fourth-order valence-corrected chi connectivity index (χ4v) is 1.49. The molecule has 0 bridgehead atoms. The molecule has 3 N–H and O–H groups in total. The molecule has 0 radical (unpaired) electrons. The maximum Gasteiger partial charge on any atom is 0.401 e. The molecular formula is C11H10ClF3N2O3. The van der Waals surface area contributed by atoms with Crippen LogP contribution in [0.5, 0.6) is 0 Å². The maximum atomic E-state index is 11.8. The predicted molar refractivity (Wildman–Crippen MR) is 66.0 cm³/mol. The molecule has 0 heterocycles. The Kier molecular flexibility index (Phi) is 5.34. The van der Waals surface area contributed by atoms with Gasteiger partial charge in [0.25, 0.3) is 0 Å². The monoisotopic (exact) mass is 310 g/mol. The number of carbonyl (C=O) groups excluding carboxylic acids is 1. The van der Waals surface area contributed by atoms with Crippen LogP contribution in [0, 0.1) is 0 Å². The average Bonchev–Trinajstić information content (AvgIpc) is 2.29. The number of anilines is 1. The van der Waals surface area contributed by atoms with Crippen LogP contribution in [0.25, 0.3) is 0 Å². The van der Waals surface area contributed by atoms with Crippen molar-refractivity contribution >= 4 is 29.2 Å². The number of rotatable bonds is 5. The first-order valence-electron chi connectivity index (χ1n) is 5.29. The van der Waals surface area contributed by atoms with E-state index in [2.05, 4.69) is 5.32 Å². The SMILES string of the molecule is O=C(CNCC(F)(F)F)Nc1ccc(Cl)c(C(=O)O)c1. The lowest BCUT2D eigenvalue weighted by atomic mass is 10.2. The normalized spacial score (nSPS) is 11.2. The second kappa shape index (κ2) is 6.58. The van der Waals surface area contributed by atoms with Gasteiger partial charge in [0.2, 0.25) is 5.91 Å². The van der Waals surface area contributed by atoms with E-state index in [-0.39, 0.29) is 16.3 Å². The van der Waals surface area contributed by atoms with Gasteiger partial charge in [-0.15, -0.1) is 0 Å². The third-order valence-corrected chi connectivity index (χ3v) is 2.42. The number of amides is 1. The van der Waals surface area contributed by atoms with Gasteiger partial charge < -0.3 is 15.7 Å². The molecule has 0 saturated heterocycles. The van der Waals surface area contributed by atoms with Gasteiger partial charge in [0.05, 0.1) is 23.7 Å². The third-order valence-electron chi connectivity index (χ3n) is 2.09. The van der Waals surface area contributed by atoms with Gasteiger partial charge in [0, 0.05) is 5.69 Å². The van der Waals surface area contributed by atoms with Crippen molar-refractivity contribution in [2.75, 3.05) is 18.4 Å². The van der Waals surface area contributed by atoms with Gasteiger partial charge in [-0.05, 0) is 18.2 Å². The number of carbonyl (C=O) groups is 2. The summed E-state index contributed by atoms with van der Waals surface area (Å²) >= 11 is 5.63. The van der Waals surface area contributed by atoms with Crippen molar-refractivity contribution in [1.29, 1.82) is 0 Å². The fourth-order valence-electron chi connectivity index (χ4n) is 1.29. The van der Waals surface area contributed by atoms with Crippen LogP contribution in [0.1, 0.15) is 10.4 Å². The molecule has 1 aromatic carbocycles. The molecular weight excluding hydrogens is 301 g/mol. The highest BCUT2D eigenvalue weighted by atomic mass is 35.5. The summed E-state index contributed by atoms with van der Waals surface area (Å²) < 4.78 is 35.5. The zero-order valence-electron chi connectivity index (χ0n) is 9.92. The summed E-state index contributed by atoms with van der Waals surface area (Å²) in [5.41, 5.74) is -0.0849. The molecule has 9 heteroatoms. The van der Waals surface area contributed by atoms with Gasteiger partial charge in [0.15, 0.2) is 0 Å². The Bertz CT molecular complexity index is 520. The van der Waals surface area contributed by atoms with Crippen molar-refractivity contribution in [1.82, 2.24) is 5.32 Å². The summed E-state index contributed by atoms with van der Waals surface area (Å²) in [4.78, 5) is 22.2. The third kappa shape index (κ3) is 5.45. The highest BCUT2D eigenvalue weighted by Gasteiger charge is 2.26. The van der Waals surface area contributed by atoms with E-state index in [0.29, 0.717) is 0 Å². The minimum atomic E-state index is -4.41. The van der Waals surface area contributed by atoms with E-state index in [4.69, 9.17) is 16.7 Å². The first kappa shape index (κ1) is 16.3. The largest absolute Gasteiger partial charge is 0.478 e. The second-order valence-electron chi connectivity index (χ2n) is 3.77. The molecule has 5 nitrogen and oxygen atoms in total. The molecule has 0 spiro atoms. The Morgan fingerprint density at radius 2 is 1.95 bits per heavy atom. The molecule has 0 aliphatic carbocycles. The Labute approximate surface area is 116 Å². The Morgan fingerprint density at radius 3 is 2.50 bits per heavy atom. The molecule has 1 aromatic rings. The molecule has 20 heavy (non-hydrogen) atoms. The topological polar surface area (TPSA) is 78.4 Å². The molecule has 0 aliphatic rings. The summed E-state index contributed by atoms with van der Waals surface area (Å²) in [6, 6.07) is 3.73. The standard InChI is InChI=1S/C11H10ClF3N2O3/c12-8-2-1-6(3-7(8)10(19)20)17-9(18)4-16-5-11(13,14)15/h1-3,16H,4-5H2,(H,17,18)(H,19,20). The van der Waals surface area contributed by atoms with E-state index in [9.17, 15) is 22.8 Å². The zero-order valence-corrected chi connectivity index (χ0v) is 10.7. The number of hydrogen-bond acceptors (Lipinski definition) is 3. The van der Waals surface area contributed by atoms with E-state index < -0.39 is 31.1 Å². The van der Waals surface area contributed by atoms with Crippen molar-refractivity contribution in [2.45, 2.75) is 6.18 Å². The van der Waals surface area contributed by atoms with Crippen LogP contribution in [0.2, 0.25) is 5.02 Å². The molecule has 1 amide bonds. The highest BCUT2D eigenvalue weighted by molar-refractivity contribution is 6.33. The van der Waals surface area contributed by atoms with E-state index in [0.717, 1.165) is 6.07 Å². The molecule has 0 aliphatic heterocycles. The quantitative estimate of drug-likeness (QED) is 0.778. The van der Waals surface area contributed by atoms with Crippen molar-refractivity contribution in [3.8, 4) is 0 Å². The van der Waals surface area contributed by atoms with Crippen LogP contribution in [0.3, 0.4) is 0 Å². The van der Waals surface area contributed by atoms with Gasteiger partial charge in [-0.3, -0.25) is 4.79 Å². The number of carboxylic acids is 1. The van der Waals surface area contributed by atoms with Gasteiger partial charge in [-0.1, -0.05) is 11.6 Å². The number of carboxylic acid groups (broad SMARTS) is 1. The smallest absolute Gasteiger partial charge is 0.401 e. The lowest BCUT2D eigenvalue weighted by Crippen LogP contribution is -2.35. The van der Waals surface area contributed by atoms with E-state index >= 15 is 0 Å². The molecule has 0 aromatic heterocycles. The minimum absolute atomic E-state index is 0.00862. The van der Waals surface area contributed by atoms with Gasteiger partial charge >= 0.3 is 12.1 Å². The van der Waals surface area contributed by atoms with Crippen molar-refractivity contribution < 1.29 is 27.9 Å². The van der Waals surface area contributed by atoms with Crippen LogP contribution in [0.4, 0.5) is 18.9 Å². The van der Waals surface area contributed by atoms with Crippen LogP contribution in [-0.4, -0.2) is 36.2 Å². The highest BCUT2D eigenvalue weighted by Crippen LogP contribution is 2.20. The van der Waals surface area contributed by atoms with Crippen LogP contribution < -0.4 is 10.6 Å².